The molecule has 2 N–H and O–H groups in total. The molecule has 1 aliphatic carbocycles. The smallest absolute Gasteiger partial charge is 0.353 e. The maximum atomic E-state index is 14.2. The summed E-state index contributed by atoms with van der Waals surface area (Å²) in [5, 5.41) is 12.0. The standard InChI is InChI=1S/C25H21F2N3O3/c26-17-10-11-18(19(27)12-17)14-6-8-16(9-7-14)23-22(15-4-2-1-3-5-15)24(31)30-21(28-23)13-20(29-30)25(32)33/h6-13,15,29H,1-5H2,(H,32,33). The van der Waals surface area contributed by atoms with Crippen LogP contribution in [-0.2, 0) is 0 Å². The molecule has 2 aromatic carbocycles. The number of rotatable bonds is 4. The molecule has 1 fully saturated rings. The highest BCUT2D eigenvalue weighted by atomic mass is 19.1. The average molecular weight is 449 g/mol. The minimum absolute atomic E-state index is 0.0245. The fraction of sp³-hybridized carbons (Fsp3) is 0.240. The lowest BCUT2D eigenvalue weighted by atomic mass is 9.82. The number of carboxylic acids is 1. The van der Waals surface area contributed by atoms with Crippen LogP contribution in [0, 0.1) is 11.6 Å². The molecule has 1 saturated carbocycles. The van der Waals surface area contributed by atoms with E-state index in [4.69, 9.17) is 0 Å². The van der Waals surface area contributed by atoms with Gasteiger partial charge in [0.1, 0.15) is 17.3 Å². The van der Waals surface area contributed by atoms with Gasteiger partial charge >= 0.3 is 5.97 Å². The molecular formula is C25H21F2N3O3. The van der Waals surface area contributed by atoms with E-state index in [1.165, 1.54) is 22.7 Å². The van der Waals surface area contributed by atoms with Gasteiger partial charge in [-0.1, -0.05) is 43.5 Å². The van der Waals surface area contributed by atoms with Crippen molar-refractivity contribution in [3.8, 4) is 22.4 Å². The summed E-state index contributed by atoms with van der Waals surface area (Å²) < 4.78 is 28.7. The van der Waals surface area contributed by atoms with Crippen molar-refractivity contribution in [3.05, 3.63) is 81.8 Å². The van der Waals surface area contributed by atoms with Gasteiger partial charge in [0.15, 0.2) is 5.65 Å². The number of carboxylic acid groups (broad SMARTS) is 1. The molecule has 0 radical (unpaired) electrons. The van der Waals surface area contributed by atoms with Gasteiger partial charge in [0.2, 0.25) is 0 Å². The number of aromatic carboxylic acids is 1. The summed E-state index contributed by atoms with van der Waals surface area (Å²) in [6.07, 6.45) is 4.87. The lowest BCUT2D eigenvalue weighted by molar-refractivity contribution is 0.0690. The summed E-state index contributed by atoms with van der Waals surface area (Å²) in [6.45, 7) is 0. The van der Waals surface area contributed by atoms with E-state index in [1.807, 2.05) is 0 Å². The minimum Gasteiger partial charge on any atom is -0.477 e. The van der Waals surface area contributed by atoms with Crippen LogP contribution in [0.4, 0.5) is 8.78 Å². The summed E-state index contributed by atoms with van der Waals surface area (Å²) in [5.74, 6) is -2.45. The van der Waals surface area contributed by atoms with E-state index in [0.717, 1.165) is 38.2 Å². The van der Waals surface area contributed by atoms with Crippen molar-refractivity contribution in [3.63, 3.8) is 0 Å². The maximum Gasteiger partial charge on any atom is 0.353 e. The number of nitrogens with one attached hydrogen (secondary N) is 1. The molecule has 2 aromatic heterocycles. The molecule has 0 bridgehead atoms. The monoisotopic (exact) mass is 449 g/mol. The van der Waals surface area contributed by atoms with Gasteiger partial charge in [-0.25, -0.2) is 23.1 Å². The van der Waals surface area contributed by atoms with E-state index in [2.05, 4.69) is 10.1 Å². The number of benzene rings is 2. The Morgan fingerprint density at radius 3 is 2.36 bits per heavy atom. The molecule has 2 heterocycles. The summed E-state index contributed by atoms with van der Waals surface area (Å²) in [5.41, 5.74) is 2.40. The highest BCUT2D eigenvalue weighted by Gasteiger charge is 2.26. The van der Waals surface area contributed by atoms with Gasteiger partial charge in [0, 0.05) is 28.8 Å². The lowest BCUT2D eigenvalue weighted by Crippen LogP contribution is -2.25. The van der Waals surface area contributed by atoms with Crippen molar-refractivity contribution < 1.29 is 18.7 Å². The second-order valence-corrected chi connectivity index (χ2v) is 8.38. The zero-order valence-corrected chi connectivity index (χ0v) is 17.6. The summed E-state index contributed by atoms with van der Waals surface area (Å²) >= 11 is 0. The second kappa shape index (κ2) is 8.27. The largest absolute Gasteiger partial charge is 0.477 e. The average Bonchev–Trinajstić information content (AvgIpc) is 3.25. The minimum atomic E-state index is -1.17. The Morgan fingerprint density at radius 2 is 1.70 bits per heavy atom. The van der Waals surface area contributed by atoms with Crippen LogP contribution in [0.5, 0.6) is 0 Å². The second-order valence-electron chi connectivity index (χ2n) is 8.38. The van der Waals surface area contributed by atoms with Crippen LogP contribution in [0.2, 0.25) is 0 Å². The first-order valence-electron chi connectivity index (χ1n) is 10.9. The van der Waals surface area contributed by atoms with Crippen LogP contribution in [-0.4, -0.2) is 25.7 Å². The van der Waals surface area contributed by atoms with Gasteiger partial charge in [-0.05, 0) is 36.5 Å². The number of nitrogens with zero attached hydrogens (tertiary/aromatic N) is 2. The van der Waals surface area contributed by atoms with E-state index in [1.54, 1.807) is 24.3 Å². The Balaban J connectivity index is 1.65. The molecule has 168 valence electrons. The van der Waals surface area contributed by atoms with Gasteiger partial charge < -0.3 is 5.11 Å². The molecule has 0 amide bonds. The number of hydrogen-bond donors (Lipinski definition) is 2. The van der Waals surface area contributed by atoms with E-state index < -0.39 is 17.6 Å². The molecule has 0 saturated heterocycles. The van der Waals surface area contributed by atoms with Crippen LogP contribution in [0.15, 0.2) is 53.3 Å². The Kier molecular flexibility index (Phi) is 5.28. The van der Waals surface area contributed by atoms with E-state index >= 15 is 0 Å². The van der Waals surface area contributed by atoms with Crippen LogP contribution in [0.25, 0.3) is 28.0 Å². The molecule has 4 aromatic rings. The van der Waals surface area contributed by atoms with E-state index in [0.29, 0.717) is 22.4 Å². The number of hydrogen-bond acceptors (Lipinski definition) is 3. The fourth-order valence-corrected chi connectivity index (χ4v) is 4.66. The van der Waals surface area contributed by atoms with Crippen molar-refractivity contribution in [2.45, 2.75) is 38.0 Å². The molecule has 0 unspecified atom stereocenters. The van der Waals surface area contributed by atoms with Crippen LogP contribution in [0.1, 0.15) is 54.1 Å². The van der Waals surface area contributed by atoms with Crippen molar-refractivity contribution in [2.75, 3.05) is 0 Å². The lowest BCUT2D eigenvalue weighted by Gasteiger charge is -2.23. The summed E-state index contributed by atoms with van der Waals surface area (Å²) in [6, 6.07) is 11.7. The fourth-order valence-electron chi connectivity index (χ4n) is 4.66. The first-order chi connectivity index (χ1) is 15.9. The Morgan fingerprint density at radius 1 is 1.00 bits per heavy atom. The van der Waals surface area contributed by atoms with Crippen LogP contribution < -0.4 is 5.56 Å². The number of fused-ring (bicyclic) bond motifs is 1. The summed E-state index contributed by atoms with van der Waals surface area (Å²) in [4.78, 5) is 29.5. The van der Waals surface area contributed by atoms with Gasteiger partial charge in [-0.2, -0.15) is 0 Å². The van der Waals surface area contributed by atoms with Gasteiger partial charge in [0.25, 0.3) is 5.56 Å². The molecule has 6 nitrogen and oxygen atoms in total. The third kappa shape index (κ3) is 3.82. The molecule has 8 heteroatoms. The predicted molar refractivity (Wildman–Crippen MR) is 119 cm³/mol. The first kappa shape index (κ1) is 21.1. The molecule has 1 aliphatic rings. The highest BCUT2D eigenvalue weighted by molar-refractivity contribution is 5.86. The number of halogens is 2. The molecule has 0 aliphatic heterocycles. The SMILES string of the molecule is O=C(O)c1cc2nc(-c3ccc(-c4ccc(F)cc4F)cc3)c(C3CCCCC3)c(=O)n2[nH]1. The van der Waals surface area contributed by atoms with Crippen LogP contribution >= 0.6 is 0 Å². The van der Waals surface area contributed by atoms with Crippen molar-refractivity contribution in [2.24, 2.45) is 0 Å². The zero-order valence-electron chi connectivity index (χ0n) is 17.6. The van der Waals surface area contributed by atoms with Gasteiger partial charge in [-0.3, -0.25) is 9.89 Å². The number of H-pyrrole nitrogens is 1. The number of aromatic amines is 1. The van der Waals surface area contributed by atoms with Gasteiger partial charge in [-0.15, -0.1) is 0 Å². The third-order valence-electron chi connectivity index (χ3n) is 6.29. The Hall–Kier alpha value is -3.81. The number of carbonyl (C=O) groups is 1. The normalized spacial score (nSPS) is 14.6. The third-order valence-corrected chi connectivity index (χ3v) is 6.29. The zero-order chi connectivity index (χ0) is 23.1. The van der Waals surface area contributed by atoms with Gasteiger partial charge in [0.05, 0.1) is 5.69 Å². The Labute approximate surface area is 187 Å². The molecule has 0 spiro atoms. The Bertz CT molecular complexity index is 1420. The first-order valence-corrected chi connectivity index (χ1v) is 10.9. The van der Waals surface area contributed by atoms with E-state index in [9.17, 15) is 23.5 Å². The maximum absolute atomic E-state index is 14.2. The van der Waals surface area contributed by atoms with Crippen molar-refractivity contribution >= 4 is 11.6 Å². The molecule has 5 rings (SSSR count). The molecular weight excluding hydrogens is 428 g/mol. The predicted octanol–water partition coefficient (Wildman–Crippen LogP) is 5.38. The van der Waals surface area contributed by atoms with Crippen LogP contribution in [0.3, 0.4) is 0 Å². The molecule has 0 atom stereocenters. The van der Waals surface area contributed by atoms with Crippen molar-refractivity contribution in [1.82, 2.24) is 14.6 Å². The quantitative estimate of drug-likeness (QED) is 0.438. The summed E-state index contributed by atoms with van der Waals surface area (Å²) in [7, 11) is 0. The van der Waals surface area contributed by atoms with Crippen molar-refractivity contribution in [1.29, 1.82) is 0 Å². The molecule has 33 heavy (non-hydrogen) atoms. The van der Waals surface area contributed by atoms with E-state index in [-0.39, 0.29) is 28.4 Å². The topological polar surface area (TPSA) is 87.5 Å². The number of aromatic nitrogens is 3. The highest BCUT2D eigenvalue weighted by Crippen LogP contribution is 2.36.